The zero-order valence-electron chi connectivity index (χ0n) is 8.12. The predicted octanol–water partition coefficient (Wildman–Crippen LogP) is 1.93. The quantitative estimate of drug-likeness (QED) is 0.770. The molecule has 0 unspecified atom stereocenters. The Morgan fingerprint density at radius 3 is 3.00 bits per heavy atom. The zero-order valence-corrected chi connectivity index (χ0v) is 8.12. The van der Waals surface area contributed by atoms with E-state index < -0.39 is 0 Å². The number of hydrogen-bond donors (Lipinski definition) is 2. The summed E-state index contributed by atoms with van der Waals surface area (Å²) in [4.78, 5) is 11.5. The smallest absolute Gasteiger partial charge is 0.224 e. The van der Waals surface area contributed by atoms with Gasteiger partial charge in [0, 0.05) is 12.6 Å². The molecule has 0 radical (unpaired) electrons. The summed E-state index contributed by atoms with van der Waals surface area (Å²) in [5.41, 5.74) is 0.757. The van der Waals surface area contributed by atoms with Crippen molar-refractivity contribution in [1.82, 2.24) is 10.2 Å². The third-order valence-electron chi connectivity index (χ3n) is 2.73. The van der Waals surface area contributed by atoms with Crippen LogP contribution in [0.2, 0.25) is 0 Å². The van der Waals surface area contributed by atoms with Gasteiger partial charge in [-0.15, -0.1) is 0 Å². The Morgan fingerprint density at radius 2 is 2.36 bits per heavy atom. The van der Waals surface area contributed by atoms with Gasteiger partial charge in [-0.3, -0.25) is 9.89 Å². The fourth-order valence-corrected chi connectivity index (χ4v) is 2.01. The molecule has 0 bridgehead atoms. The lowest BCUT2D eigenvalue weighted by Crippen LogP contribution is -2.14. The van der Waals surface area contributed by atoms with Crippen LogP contribution in [0.15, 0.2) is 12.4 Å². The average molecular weight is 193 g/mol. The summed E-state index contributed by atoms with van der Waals surface area (Å²) < 4.78 is 0. The van der Waals surface area contributed by atoms with Gasteiger partial charge in [-0.25, -0.2) is 0 Å². The molecular weight excluding hydrogens is 178 g/mol. The molecule has 0 atom stereocenters. The van der Waals surface area contributed by atoms with Crippen LogP contribution in [0.1, 0.15) is 32.1 Å². The molecule has 2 N–H and O–H groups in total. The standard InChI is InChI=1S/C10H15N3O/c14-10(5-8-3-1-2-4-8)13-9-6-11-12-7-9/h6-8H,1-5H2,(H,11,12)(H,13,14). The molecule has 0 aliphatic heterocycles. The second-order valence-corrected chi connectivity index (χ2v) is 3.89. The highest BCUT2D eigenvalue weighted by molar-refractivity contribution is 5.90. The van der Waals surface area contributed by atoms with Crippen LogP contribution in [-0.4, -0.2) is 16.1 Å². The van der Waals surface area contributed by atoms with Gasteiger partial charge in [-0.1, -0.05) is 12.8 Å². The maximum absolute atomic E-state index is 11.5. The van der Waals surface area contributed by atoms with E-state index in [0.29, 0.717) is 12.3 Å². The van der Waals surface area contributed by atoms with Crippen molar-refractivity contribution in [2.24, 2.45) is 5.92 Å². The minimum atomic E-state index is 0.110. The van der Waals surface area contributed by atoms with E-state index in [4.69, 9.17) is 0 Å². The van der Waals surface area contributed by atoms with Crippen molar-refractivity contribution in [2.75, 3.05) is 5.32 Å². The highest BCUT2D eigenvalue weighted by Crippen LogP contribution is 2.27. The van der Waals surface area contributed by atoms with Crippen LogP contribution in [0.5, 0.6) is 0 Å². The van der Waals surface area contributed by atoms with Crippen LogP contribution in [0.3, 0.4) is 0 Å². The largest absolute Gasteiger partial charge is 0.323 e. The monoisotopic (exact) mass is 193 g/mol. The Morgan fingerprint density at radius 1 is 1.57 bits per heavy atom. The lowest BCUT2D eigenvalue weighted by atomic mass is 10.0. The first kappa shape index (κ1) is 9.24. The molecular formula is C10H15N3O. The number of anilines is 1. The first-order valence-electron chi connectivity index (χ1n) is 5.13. The summed E-state index contributed by atoms with van der Waals surface area (Å²) in [6.07, 6.45) is 8.94. The van der Waals surface area contributed by atoms with Gasteiger partial charge in [0.1, 0.15) is 0 Å². The maximum atomic E-state index is 11.5. The topological polar surface area (TPSA) is 57.8 Å². The third-order valence-corrected chi connectivity index (χ3v) is 2.73. The number of nitrogens with zero attached hydrogens (tertiary/aromatic N) is 1. The first-order valence-corrected chi connectivity index (χ1v) is 5.13. The Balaban J connectivity index is 1.78. The van der Waals surface area contributed by atoms with Gasteiger partial charge >= 0.3 is 0 Å². The van der Waals surface area contributed by atoms with Crippen LogP contribution in [0, 0.1) is 5.92 Å². The molecule has 2 rings (SSSR count). The van der Waals surface area contributed by atoms with Crippen molar-refractivity contribution < 1.29 is 4.79 Å². The SMILES string of the molecule is O=C(CC1CCCC1)Nc1cn[nH]c1. The summed E-state index contributed by atoms with van der Waals surface area (Å²) in [6.45, 7) is 0. The fraction of sp³-hybridized carbons (Fsp3) is 0.600. The molecule has 1 aromatic rings. The van der Waals surface area contributed by atoms with E-state index in [1.807, 2.05) is 0 Å². The van der Waals surface area contributed by atoms with E-state index in [1.165, 1.54) is 25.7 Å². The second kappa shape index (κ2) is 4.26. The molecule has 1 aliphatic rings. The summed E-state index contributed by atoms with van der Waals surface area (Å²) in [7, 11) is 0. The summed E-state index contributed by atoms with van der Waals surface area (Å²) in [6, 6.07) is 0. The number of carbonyl (C=O) groups excluding carboxylic acids is 1. The molecule has 0 aromatic carbocycles. The number of hydrogen-bond acceptors (Lipinski definition) is 2. The molecule has 1 aromatic heterocycles. The van der Waals surface area contributed by atoms with Gasteiger partial charge in [-0.2, -0.15) is 5.10 Å². The van der Waals surface area contributed by atoms with Crippen LogP contribution < -0.4 is 5.32 Å². The lowest BCUT2D eigenvalue weighted by Gasteiger charge is -2.07. The van der Waals surface area contributed by atoms with Crippen molar-refractivity contribution in [2.45, 2.75) is 32.1 Å². The van der Waals surface area contributed by atoms with Gasteiger partial charge in [-0.05, 0) is 18.8 Å². The number of aromatic amines is 1. The number of aromatic nitrogens is 2. The van der Waals surface area contributed by atoms with Gasteiger partial charge in [0.05, 0.1) is 11.9 Å². The molecule has 1 heterocycles. The number of rotatable bonds is 3. The predicted molar refractivity (Wildman–Crippen MR) is 53.8 cm³/mol. The highest BCUT2D eigenvalue weighted by Gasteiger charge is 2.18. The minimum absolute atomic E-state index is 0.110. The number of carbonyl (C=O) groups is 1. The Bertz CT molecular complexity index is 288. The van der Waals surface area contributed by atoms with E-state index in [-0.39, 0.29) is 5.91 Å². The Labute approximate surface area is 83.1 Å². The molecule has 0 saturated heterocycles. The molecule has 4 heteroatoms. The Kier molecular flexibility index (Phi) is 2.81. The van der Waals surface area contributed by atoms with Crippen LogP contribution in [0.4, 0.5) is 5.69 Å². The first-order chi connectivity index (χ1) is 6.84. The molecule has 1 saturated carbocycles. The van der Waals surface area contributed by atoms with Crippen molar-refractivity contribution in [1.29, 1.82) is 0 Å². The minimum Gasteiger partial charge on any atom is -0.323 e. The highest BCUT2D eigenvalue weighted by atomic mass is 16.1. The number of H-pyrrole nitrogens is 1. The van der Waals surface area contributed by atoms with Gasteiger partial charge in [0.2, 0.25) is 5.91 Å². The van der Waals surface area contributed by atoms with Crippen LogP contribution in [0.25, 0.3) is 0 Å². The fourth-order valence-electron chi connectivity index (χ4n) is 2.01. The normalized spacial score (nSPS) is 17.1. The second-order valence-electron chi connectivity index (χ2n) is 3.89. The van der Waals surface area contributed by atoms with Gasteiger partial charge < -0.3 is 5.32 Å². The number of nitrogens with one attached hydrogen (secondary N) is 2. The van der Waals surface area contributed by atoms with Crippen molar-refractivity contribution in [3.63, 3.8) is 0 Å². The van der Waals surface area contributed by atoms with E-state index >= 15 is 0 Å². The molecule has 1 fully saturated rings. The van der Waals surface area contributed by atoms with Crippen LogP contribution >= 0.6 is 0 Å². The van der Waals surface area contributed by atoms with Crippen molar-refractivity contribution >= 4 is 11.6 Å². The maximum Gasteiger partial charge on any atom is 0.224 e. The molecule has 14 heavy (non-hydrogen) atoms. The molecule has 1 amide bonds. The average Bonchev–Trinajstić information content (AvgIpc) is 2.76. The van der Waals surface area contributed by atoms with E-state index in [2.05, 4.69) is 15.5 Å². The van der Waals surface area contributed by atoms with Crippen molar-refractivity contribution in [3.8, 4) is 0 Å². The summed E-state index contributed by atoms with van der Waals surface area (Å²) in [5.74, 6) is 0.709. The molecule has 0 spiro atoms. The van der Waals surface area contributed by atoms with E-state index in [1.54, 1.807) is 12.4 Å². The van der Waals surface area contributed by atoms with E-state index in [9.17, 15) is 4.79 Å². The van der Waals surface area contributed by atoms with Crippen molar-refractivity contribution in [3.05, 3.63) is 12.4 Å². The molecule has 4 nitrogen and oxygen atoms in total. The Hall–Kier alpha value is -1.32. The third kappa shape index (κ3) is 2.34. The molecule has 76 valence electrons. The lowest BCUT2D eigenvalue weighted by molar-refractivity contribution is -0.117. The van der Waals surface area contributed by atoms with Gasteiger partial charge in [0.25, 0.3) is 0 Å². The molecule has 1 aliphatic carbocycles. The number of amides is 1. The van der Waals surface area contributed by atoms with Gasteiger partial charge in [0.15, 0.2) is 0 Å². The summed E-state index contributed by atoms with van der Waals surface area (Å²) >= 11 is 0. The summed E-state index contributed by atoms with van der Waals surface area (Å²) in [5, 5.41) is 9.25. The zero-order chi connectivity index (χ0) is 9.80. The van der Waals surface area contributed by atoms with Crippen LogP contribution in [-0.2, 0) is 4.79 Å². The van der Waals surface area contributed by atoms with E-state index in [0.717, 1.165) is 5.69 Å².